The average molecular weight is 315 g/mol. The summed E-state index contributed by atoms with van der Waals surface area (Å²) in [6, 6.07) is 13.1. The Morgan fingerprint density at radius 1 is 1.13 bits per heavy atom. The van der Waals surface area contributed by atoms with E-state index in [9.17, 15) is 10.2 Å². The first-order chi connectivity index (χ1) is 11.2. The number of rotatable bonds is 5. The Morgan fingerprint density at radius 3 is 2.65 bits per heavy atom. The maximum atomic E-state index is 10.1. The van der Waals surface area contributed by atoms with Crippen LogP contribution >= 0.6 is 0 Å². The molecule has 122 valence electrons. The Balaban J connectivity index is 1.67. The van der Waals surface area contributed by atoms with Crippen LogP contribution in [0, 0.1) is 0 Å². The van der Waals surface area contributed by atoms with Gasteiger partial charge in [0.15, 0.2) is 11.5 Å². The van der Waals surface area contributed by atoms with E-state index in [4.69, 9.17) is 15.2 Å². The molecule has 0 saturated heterocycles. The molecule has 0 saturated carbocycles. The van der Waals surface area contributed by atoms with Gasteiger partial charge in [-0.1, -0.05) is 36.4 Å². The van der Waals surface area contributed by atoms with E-state index in [2.05, 4.69) is 0 Å². The van der Waals surface area contributed by atoms with Gasteiger partial charge in [-0.05, 0) is 17.2 Å². The van der Waals surface area contributed by atoms with Crippen molar-refractivity contribution in [3.63, 3.8) is 0 Å². The van der Waals surface area contributed by atoms with E-state index in [1.165, 1.54) is 6.07 Å². The monoisotopic (exact) mass is 315 g/mol. The van der Waals surface area contributed by atoms with Crippen LogP contribution in [-0.2, 0) is 22.5 Å². The van der Waals surface area contributed by atoms with Crippen LogP contribution in [0.2, 0.25) is 0 Å². The molecule has 5 nitrogen and oxygen atoms in total. The number of nitrogens with two attached hydrogens (primary N) is 1. The van der Waals surface area contributed by atoms with Gasteiger partial charge >= 0.3 is 0 Å². The summed E-state index contributed by atoms with van der Waals surface area (Å²) in [5, 5.41) is 19.8. The predicted molar refractivity (Wildman–Crippen MR) is 86.2 cm³/mol. The van der Waals surface area contributed by atoms with E-state index >= 15 is 0 Å². The molecule has 0 fully saturated rings. The van der Waals surface area contributed by atoms with Crippen molar-refractivity contribution in [1.29, 1.82) is 0 Å². The molecule has 23 heavy (non-hydrogen) atoms. The fourth-order valence-corrected chi connectivity index (χ4v) is 2.90. The number of phenols is 2. The molecule has 1 heterocycles. The van der Waals surface area contributed by atoms with Crippen LogP contribution in [0.3, 0.4) is 0 Å². The summed E-state index contributed by atoms with van der Waals surface area (Å²) in [7, 11) is 0. The van der Waals surface area contributed by atoms with Gasteiger partial charge in [-0.25, -0.2) is 0 Å². The van der Waals surface area contributed by atoms with E-state index in [1.807, 2.05) is 30.3 Å². The van der Waals surface area contributed by atoms with Gasteiger partial charge in [-0.3, -0.25) is 0 Å². The van der Waals surface area contributed by atoms with E-state index in [1.54, 1.807) is 6.07 Å². The lowest BCUT2D eigenvalue weighted by Crippen LogP contribution is -2.33. The van der Waals surface area contributed by atoms with Crippen molar-refractivity contribution in [3.8, 4) is 11.5 Å². The van der Waals surface area contributed by atoms with E-state index in [0.29, 0.717) is 31.7 Å². The van der Waals surface area contributed by atoms with Crippen LogP contribution in [0.5, 0.6) is 11.5 Å². The highest BCUT2D eigenvalue weighted by Gasteiger charge is 2.29. The predicted octanol–water partition coefficient (Wildman–Crippen LogP) is 2.26. The average Bonchev–Trinajstić information content (AvgIpc) is 2.59. The van der Waals surface area contributed by atoms with Gasteiger partial charge in [0.05, 0.1) is 25.4 Å². The van der Waals surface area contributed by atoms with Gasteiger partial charge < -0.3 is 25.4 Å². The van der Waals surface area contributed by atoms with Gasteiger partial charge in [0.1, 0.15) is 0 Å². The van der Waals surface area contributed by atoms with Crippen LogP contribution in [0.1, 0.15) is 22.8 Å². The first kappa shape index (κ1) is 15.8. The number of benzene rings is 2. The maximum Gasteiger partial charge on any atom is 0.161 e. The number of aromatic hydroxyl groups is 2. The molecule has 0 aliphatic carbocycles. The Hall–Kier alpha value is -2.08. The maximum absolute atomic E-state index is 10.1. The highest BCUT2D eigenvalue weighted by atomic mass is 16.5. The Kier molecular flexibility index (Phi) is 4.81. The second kappa shape index (κ2) is 7.00. The lowest BCUT2D eigenvalue weighted by atomic mass is 9.93. The van der Waals surface area contributed by atoms with Crippen molar-refractivity contribution in [2.75, 3.05) is 13.2 Å². The first-order valence-electron chi connectivity index (χ1n) is 7.70. The summed E-state index contributed by atoms with van der Waals surface area (Å²) in [5.41, 5.74) is 8.40. The molecule has 2 aromatic rings. The minimum absolute atomic E-state index is 0.0858. The largest absolute Gasteiger partial charge is 0.504 e. The molecule has 0 spiro atoms. The van der Waals surface area contributed by atoms with Crippen molar-refractivity contribution in [1.82, 2.24) is 0 Å². The molecule has 0 aromatic heterocycles. The fraction of sp³-hybridized carbons (Fsp3) is 0.333. The molecule has 2 aromatic carbocycles. The molecular formula is C18H21NO4. The van der Waals surface area contributed by atoms with Crippen molar-refractivity contribution < 1.29 is 19.7 Å². The molecule has 1 aliphatic heterocycles. The fourth-order valence-electron chi connectivity index (χ4n) is 2.90. The van der Waals surface area contributed by atoms with Crippen molar-refractivity contribution in [3.05, 3.63) is 59.2 Å². The van der Waals surface area contributed by atoms with Crippen LogP contribution in [0.4, 0.5) is 0 Å². The number of ether oxygens (including phenoxy) is 2. The zero-order chi connectivity index (χ0) is 16.2. The molecule has 0 bridgehead atoms. The first-order valence-corrected chi connectivity index (χ1v) is 7.70. The van der Waals surface area contributed by atoms with E-state index in [0.717, 1.165) is 11.1 Å². The van der Waals surface area contributed by atoms with Gasteiger partial charge in [-0.2, -0.15) is 0 Å². The number of hydrogen-bond donors (Lipinski definition) is 3. The molecule has 4 N–H and O–H groups in total. The van der Waals surface area contributed by atoms with E-state index < -0.39 is 0 Å². The second-order valence-corrected chi connectivity index (χ2v) is 5.69. The zero-order valence-corrected chi connectivity index (χ0v) is 12.8. The summed E-state index contributed by atoms with van der Waals surface area (Å²) >= 11 is 0. The van der Waals surface area contributed by atoms with Crippen LogP contribution < -0.4 is 5.73 Å². The van der Waals surface area contributed by atoms with Gasteiger partial charge in [-0.15, -0.1) is 0 Å². The zero-order valence-electron chi connectivity index (χ0n) is 12.8. The third-order valence-electron chi connectivity index (χ3n) is 4.06. The molecular weight excluding hydrogens is 294 g/mol. The van der Waals surface area contributed by atoms with E-state index in [-0.39, 0.29) is 23.7 Å². The summed E-state index contributed by atoms with van der Waals surface area (Å²) in [4.78, 5) is 0. The van der Waals surface area contributed by atoms with Crippen LogP contribution in [0.25, 0.3) is 0 Å². The lowest BCUT2D eigenvalue weighted by Gasteiger charge is -2.32. The quantitative estimate of drug-likeness (QED) is 0.737. The van der Waals surface area contributed by atoms with Gasteiger partial charge in [0, 0.05) is 18.5 Å². The number of fused-ring (bicyclic) bond motifs is 1. The Morgan fingerprint density at radius 2 is 1.91 bits per heavy atom. The molecule has 0 amide bonds. The molecule has 0 radical (unpaired) electrons. The third kappa shape index (κ3) is 3.47. The molecule has 3 rings (SSSR count). The standard InChI is InChI=1S/C18H21NO4/c19-9-17-14-6-7-16(20)18(21)15(14)8-13(23-17)11-22-10-12-4-2-1-3-5-12/h1-7,13,17,20-21H,8-11,19H2/t13-,17-/m0/s1. The number of hydrogen-bond acceptors (Lipinski definition) is 5. The summed E-state index contributed by atoms with van der Waals surface area (Å²) in [5.74, 6) is -0.206. The van der Waals surface area contributed by atoms with Gasteiger partial charge in [0.2, 0.25) is 0 Å². The summed E-state index contributed by atoms with van der Waals surface area (Å²) in [6.45, 7) is 1.22. The number of phenolic OH excluding ortho intramolecular Hbond substituents is 2. The van der Waals surface area contributed by atoms with Gasteiger partial charge in [0.25, 0.3) is 0 Å². The van der Waals surface area contributed by atoms with Crippen LogP contribution in [0.15, 0.2) is 42.5 Å². The topological polar surface area (TPSA) is 84.9 Å². The summed E-state index contributed by atoms with van der Waals surface area (Å²) < 4.78 is 11.7. The highest BCUT2D eigenvalue weighted by Crippen LogP contribution is 2.39. The smallest absolute Gasteiger partial charge is 0.161 e. The molecule has 2 atom stereocenters. The van der Waals surface area contributed by atoms with Crippen molar-refractivity contribution >= 4 is 0 Å². The van der Waals surface area contributed by atoms with Crippen molar-refractivity contribution in [2.24, 2.45) is 5.73 Å². The van der Waals surface area contributed by atoms with Crippen LogP contribution in [-0.4, -0.2) is 29.5 Å². The normalized spacial score (nSPS) is 20.2. The summed E-state index contributed by atoms with van der Waals surface area (Å²) in [6.07, 6.45) is -0.0102. The third-order valence-corrected chi connectivity index (χ3v) is 4.06. The minimum atomic E-state index is -0.296. The second-order valence-electron chi connectivity index (χ2n) is 5.69. The lowest BCUT2D eigenvalue weighted by molar-refractivity contribution is -0.0679. The molecule has 5 heteroatoms. The Bertz CT molecular complexity index is 660. The minimum Gasteiger partial charge on any atom is -0.504 e. The molecule has 1 aliphatic rings. The SMILES string of the molecule is NC[C@@H]1O[C@H](COCc2ccccc2)Cc2c1ccc(O)c2O. The molecule has 0 unspecified atom stereocenters. The Labute approximate surface area is 135 Å². The highest BCUT2D eigenvalue weighted by molar-refractivity contribution is 5.51. The van der Waals surface area contributed by atoms with Crippen molar-refractivity contribution in [2.45, 2.75) is 25.2 Å².